The molecule has 1 unspecified atom stereocenters. The summed E-state index contributed by atoms with van der Waals surface area (Å²) in [6, 6.07) is 7.08. The number of hydrogen-bond acceptors (Lipinski definition) is 5. The fourth-order valence-electron chi connectivity index (χ4n) is 2.39. The lowest BCUT2D eigenvalue weighted by molar-refractivity contribution is 0.414. The molecule has 0 spiro atoms. The van der Waals surface area contributed by atoms with Gasteiger partial charge in [0.2, 0.25) is 9.84 Å². The van der Waals surface area contributed by atoms with E-state index in [1.807, 2.05) is 6.07 Å². The first-order valence-corrected chi connectivity index (χ1v) is 8.12. The van der Waals surface area contributed by atoms with Crippen molar-refractivity contribution in [1.29, 1.82) is 0 Å². The third-order valence-electron chi connectivity index (χ3n) is 3.37. The summed E-state index contributed by atoms with van der Waals surface area (Å²) in [6.07, 6.45) is 3.07. The topological polar surface area (TPSA) is 72.2 Å². The number of fused-ring (bicyclic) bond motifs is 1. The summed E-state index contributed by atoms with van der Waals surface area (Å²) in [5.74, 6) is 0.0554. The number of sulfone groups is 1. The van der Waals surface area contributed by atoms with Crippen LogP contribution in [-0.2, 0) is 9.84 Å². The Morgan fingerprint density at radius 2 is 2.16 bits per heavy atom. The first-order valence-electron chi connectivity index (χ1n) is 6.47. The minimum Gasteiger partial charge on any atom is -0.428 e. The molecule has 2 aromatic rings. The minimum absolute atomic E-state index is 0.00811. The Hall–Kier alpha value is -1.40. The van der Waals surface area contributed by atoms with Gasteiger partial charge in [-0.3, -0.25) is 0 Å². The number of hydrogen-bond donors (Lipinski definition) is 1. The van der Waals surface area contributed by atoms with E-state index in [4.69, 9.17) is 4.42 Å². The van der Waals surface area contributed by atoms with E-state index in [1.165, 1.54) is 0 Å². The van der Waals surface area contributed by atoms with Gasteiger partial charge in [0.25, 0.3) is 0 Å². The molecular formula is C13H16N2O3S. The summed E-state index contributed by atoms with van der Waals surface area (Å²) in [4.78, 5) is 4.07. The van der Waals surface area contributed by atoms with E-state index in [-0.39, 0.29) is 17.0 Å². The van der Waals surface area contributed by atoms with Crippen molar-refractivity contribution in [2.24, 2.45) is 0 Å². The average Bonchev–Trinajstić information content (AvgIpc) is 2.84. The summed E-state index contributed by atoms with van der Waals surface area (Å²) in [7, 11) is -3.46. The standard InChI is InChI=1S/C13H16N2O3S/c16-19(17,9-10-5-3-4-8-14-10)13-15-11-6-1-2-7-12(11)18-13/h1-2,6-7,10,14H,3-5,8-9H2. The van der Waals surface area contributed by atoms with Gasteiger partial charge >= 0.3 is 5.22 Å². The third kappa shape index (κ3) is 2.64. The Morgan fingerprint density at radius 3 is 2.89 bits per heavy atom. The van der Waals surface area contributed by atoms with Crippen LogP contribution in [0.4, 0.5) is 0 Å². The van der Waals surface area contributed by atoms with Crippen LogP contribution in [-0.4, -0.2) is 31.7 Å². The molecule has 1 aliphatic heterocycles. The van der Waals surface area contributed by atoms with Gasteiger partial charge < -0.3 is 9.73 Å². The van der Waals surface area contributed by atoms with Gasteiger partial charge in [-0.2, -0.15) is 4.98 Å². The van der Waals surface area contributed by atoms with E-state index in [0.29, 0.717) is 11.1 Å². The molecule has 19 heavy (non-hydrogen) atoms. The lowest BCUT2D eigenvalue weighted by Gasteiger charge is -2.22. The van der Waals surface area contributed by atoms with Gasteiger partial charge in [0, 0.05) is 6.04 Å². The second-order valence-corrected chi connectivity index (χ2v) is 6.79. The van der Waals surface area contributed by atoms with Gasteiger partial charge in [0.1, 0.15) is 5.52 Å². The second-order valence-electron chi connectivity index (χ2n) is 4.88. The number of benzene rings is 1. The van der Waals surface area contributed by atoms with Crippen LogP contribution in [0.1, 0.15) is 19.3 Å². The molecule has 0 saturated carbocycles. The molecule has 3 rings (SSSR count). The average molecular weight is 280 g/mol. The number of nitrogens with zero attached hydrogens (tertiary/aromatic N) is 1. The second kappa shape index (κ2) is 4.94. The van der Waals surface area contributed by atoms with Crippen molar-refractivity contribution in [3.63, 3.8) is 0 Å². The Balaban J connectivity index is 1.86. The molecule has 1 fully saturated rings. The molecule has 0 aliphatic carbocycles. The summed E-state index contributed by atoms with van der Waals surface area (Å²) < 4.78 is 29.9. The molecule has 1 atom stereocenters. The third-order valence-corrected chi connectivity index (χ3v) is 4.92. The lowest BCUT2D eigenvalue weighted by atomic mass is 10.1. The number of rotatable bonds is 3. The van der Waals surface area contributed by atoms with Crippen molar-refractivity contribution >= 4 is 20.9 Å². The quantitative estimate of drug-likeness (QED) is 0.927. The molecule has 102 valence electrons. The summed E-state index contributed by atoms with van der Waals surface area (Å²) in [5.41, 5.74) is 1.09. The Kier molecular flexibility index (Phi) is 3.28. The number of piperidine rings is 1. The Labute approximate surface area is 111 Å². The van der Waals surface area contributed by atoms with Crippen molar-refractivity contribution in [2.75, 3.05) is 12.3 Å². The van der Waals surface area contributed by atoms with Gasteiger partial charge in [-0.1, -0.05) is 18.6 Å². The maximum atomic E-state index is 12.3. The Bertz CT molecular complexity index is 639. The van der Waals surface area contributed by atoms with Crippen LogP contribution in [0.25, 0.3) is 11.1 Å². The molecule has 1 saturated heterocycles. The largest absolute Gasteiger partial charge is 0.428 e. The Morgan fingerprint density at radius 1 is 1.32 bits per heavy atom. The first kappa shape index (κ1) is 12.6. The molecule has 0 bridgehead atoms. The number of oxazole rings is 1. The van der Waals surface area contributed by atoms with Gasteiger partial charge in [0.15, 0.2) is 5.58 Å². The van der Waals surface area contributed by atoms with Crippen LogP contribution >= 0.6 is 0 Å². The molecule has 1 aromatic carbocycles. The minimum atomic E-state index is -3.46. The zero-order valence-electron chi connectivity index (χ0n) is 10.5. The summed E-state index contributed by atoms with van der Waals surface area (Å²) >= 11 is 0. The van der Waals surface area contributed by atoms with Crippen LogP contribution in [0.15, 0.2) is 33.9 Å². The van der Waals surface area contributed by atoms with Crippen molar-refractivity contribution < 1.29 is 12.8 Å². The molecule has 1 aliphatic rings. The van der Waals surface area contributed by atoms with Gasteiger partial charge in [0.05, 0.1) is 5.75 Å². The smallest absolute Gasteiger partial charge is 0.316 e. The summed E-state index contributed by atoms with van der Waals surface area (Å²) in [6.45, 7) is 0.883. The fourth-order valence-corrected chi connectivity index (χ4v) is 3.80. The van der Waals surface area contributed by atoms with Crippen LogP contribution in [0.2, 0.25) is 0 Å². The first-order chi connectivity index (χ1) is 9.15. The van der Waals surface area contributed by atoms with Crippen molar-refractivity contribution in [3.8, 4) is 0 Å². The molecule has 2 heterocycles. The molecule has 0 radical (unpaired) electrons. The lowest BCUT2D eigenvalue weighted by Crippen LogP contribution is -2.39. The van der Waals surface area contributed by atoms with Crippen LogP contribution in [0, 0.1) is 0 Å². The number of para-hydroxylation sites is 2. The maximum Gasteiger partial charge on any atom is 0.316 e. The molecule has 0 amide bonds. The number of aromatic nitrogens is 1. The zero-order valence-corrected chi connectivity index (χ0v) is 11.3. The van der Waals surface area contributed by atoms with E-state index < -0.39 is 9.84 Å². The highest BCUT2D eigenvalue weighted by Crippen LogP contribution is 2.20. The zero-order chi connectivity index (χ0) is 13.3. The van der Waals surface area contributed by atoms with E-state index in [0.717, 1.165) is 25.8 Å². The molecule has 1 N–H and O–H groups in total. The maximum absolute atomic E-state index is 12.3. The monoisotopic (exact) mass is 280 g/mol. The van der Waals surface area contributed by atoms with Gasteiger partial charge in [-0.25, -0.2) is 8.42 Å². The van der Waals surface area contributed by atoms with Crippen molar-refractivity contribution in [2.45, 2.75) is 30.5 Å². The predicted octanol–water partition coefficient (Wildman–Crippen LogP) is 1.74. The van der Waals surface area contributed by atoms with Gasteiger partial charge in [-0.15, -0.1) is 0 Å². The highest BCUT2D eigenvalue weighted by atomic mass is 32.2. The number of nitrogens with one attached hydrogen (secondary N) is 1. The normalized spacial score (nSPS) is 20.7. The van der Waals surface area contributed by atoms with Crippen molar-refractivity contribution in [3.05, 3.63) is 24.3 Å². The molecule has 5 nitrogen and oxygen atoms in total. The van der Waals surface area contributed by atoms with E-state index in [2.05, 4.69) is 10.3 Å². The van der Waals surface area contributed by atoms with E-state index in [1.54, 1.807) is 18.2 Å². The van der Waals surface area contributed by atoms with Crippen LogP contribution in [0.3, 0.4) is 0 Å². The predicted molar refractivity (Wildman–Crippen MR) is 71.7 cm³/mol. The molecule has 1 aromatic heterocycles. The molecule has 6 heteroatoms. The van der Waals surface area contributed by atoms with E-state index >= 15 is 0 Å². The summed E-state index contributed by atoms with van der Waals surface area (Å²) in [5, 5.41) is 3.06. The SMILES string of the molecule is O=S(=O)(CC1CCCCN1)c1nc2ccccc2o1. The van der Waals surface area contributed by atoms with Crippen LogP contribution in [0.5, 0.6) is 0 Å². The fraction of sp³-hybridized carbons (Fsp3) is 0.462. The molecular weight excluding hydrogens is 264 g/mol. The highest BCUT2D eigenvalue weighted by molar-refractivity contribution is 7.91. The van der Waals surface area contributed by atoms with E-state index in [9.17, 15) is 8.42 Å². The van der Waals surface area contributed by atoms with Gasteiger partial charge in [-0.05, 0) is 31.5 Å². The van der Waals surface area contributed by atoms with Crippen molar-refractivity contribution in [1.82, 2.24) is 10.3 Å². The van der Waals surface area contributed by atoms with Crippen LogP contribution < -0.4 is 5.32 Å². The highest BCUT2D eigenvalue weighted by Gasteiger charge is 2.27.